The van der Waals surface area contributed by atoms with Crippen LogP contribution in [-0.4, -0.2) is 10.2 Å². The highest BCUT2D eigenvalue weighted by Crippen LogP contribution is 2.23. The Balaban J connectivity index is 0.000000396. The zero-order chi connectivity index (χ0) is 9.84. The van der Waals surface area contributed by atoms with E-state index in [0.717, 1.165) is 11.4 Å². The largest absolute Gasteiger partial charge is 0.155 e. The number of hydrogen-bond donors (Lipinski definition) is 0. The molecule has 2 rings (SSSR count). The molecule has 0 aromatic carbocycles. The second kappa shape index (κ2) is 4.33. The van der Waals surface area contributed by atoms with Crippen molar-refractivity contribution in [1.82, 2.24) is 10.2 Å². The quantitative estimate of drug-likeness (QED) is 0.643. The summed E-state index contributed by atoms with van der Waals surface area (Å²) in [6, 6.07) is 2.09. The summed E-state index contributed by atoms with van der Waals surface area (Å²) in [5.74, 6) is 0. The molecule has 2 aromatic heterocycles. The number of thiophene rings is 1. The summed E-state index contributed by atoms with van der Waals surface area (Å²) in [5.41, 5.74) is 2.05. The van der Waals surface area contributed by atoms with Gasteiger partial charge in [-0.1, -0.05) is 13.8 Å². The zero-order valence-corrected chi connectivity index (χ0v) is 9.27. The summed E-state index contributed by atoms with van der Waals surface area (Å²) in [7, 11) is 0. The first-order valence-electron chi connectivity index (χ1n) is 4.46. The molecule has 0 saturated carbocycles. The smallest absolute Gasteiger partial charge is 0.0778 e. The molecule has 2 aromatic rings. The lowest BCUT2D eigenvalue weighted by molar-refractivity contribution is 0.967. The maximum atomic E-state index is 4.04. The molecule has 0 amide bonds. The van der Waals surface area contributed by atoms with Crippen LogP contribution in [0.2, 0.25) is 0 Å². The van der Waals surface area contributed by atoms with Gasteiger partial charge >= 0.3 is 0 Å². The van der Waals surface area contributed by atoms with Crippen molar-refractivity contribution in [2.75, 3.05) is 0 Å². The van der Waals surface area contributed by atoms with Gasteiger partial charge in [-0.3, -0.25) is 0 Å². The van der Waals surface area contributed by atoms with E-state index < -0.39 is 0 Å². The van der Waals surface area contributed by atoms with Crippen molar-refractivity contribution < 1.29 is 0 Å². The Morgan fingerprint density at radius 1 is 1.08 bits per heavy atom. The molecule has 0 fully saturated rings. The van der Waals surface area contributed by atoms with Gasteiger partial charge in [-0.2, -0.15) is 10.2 Å². The van der Waals surface area contributed by atoms with Gasteiger partial charge in [0.15, 0.2) is 0 Å². The van der Waals surface area contributed by atoms with E-state index in [-0.39, 0.29) is 0 Å². The third-order valence-electron chi connectivity index (χ3n) is 1.73. The maximum absolute atomic E-state index is 4.04. The van der Waals surface area contributed by atoms with Gasteiger partial charge in [-0.05, 0) is 25.3 Å². The number of aryl methyl sites for hydroxylation is 2. The monoisotopic (exact) mass is 194 g/mol. The van der Waals surface area contributed by atoms with Crippen LogP contribution in [0.4, 0.5) is 0 Å². The summed E-state index contributed by atoms with van der Waals surface area (Å²) in [4.78, 5) is 0. The van der Waals surface area contributed by atoms with E-state index in [0.29, 0.717) is 0 Å². The summed E-state index contributed by atoms with van der Waals surface area (Å²) in [5, 5.41) is 11.4. The lowest BCUT2D eigenvalue weighted by Gasteiger charge is -1.95. The second-order valence-corrected chi connectivity index (χ2v) is 3.45. The standard InChI is InChI=1S/C8H8N2S.C2H6/c1-5-7-3-4-11-8(7)6(2)10-9-5;1-2/h3-4H,1-2H3;1-2H3. The van der Waals surface area contributed by atoms with Crippen LogP contribution in [0.25, 0.3) is 10.1 Å². The Hall–Kier alpha value is -0.960. The number of nitrogens with zero attached hydrogens (tertiary/aromatic N) is 2. The van der Waals surface area contributed by atoms with Gasteiger partial charge in [0.25, 0.3) is 0 Å². The molecule has 0 spiro atoms. The van der Waals surface area contributed by atoms with Crippen molar-refractivity contribution in [2.45, 2.75) is 27.7 Å². The molecule has 0 saturated heterocycles. The molecule has 0 aliphatic rings. The first-order valence-corrected chi connectivity index (χ1v) is 5.34. The van der Waals surface area contributed by atoms with Gasteiger partial charge in [0.2, 0.25) is 0 Å². The maximum Gasteiger partial charge on any atom is 0.0778 e. The molecule has 13 heavy (non-hydrogen) atoms. The van der Waals surface area contributed by atoms with Crippen LogP contribution in [0.1, 0.15) is 25.2 Å². The number of aromatic nitrogens is 2. The van der Waals surface area contributed by atoms with Crippen LogP contribution in [-0.2, 0) is 0 Å². The van der Waals surface area contributed by atoms with E-state index in [1.165, 1.54) is 10.1 Å². The highest BCUT2D eigenvalue weighted by molar-refractivity contribution is 7.17. The Morgan fingerprint density at radius 2 is 1.69 bits per heavy atom. The summed E-state index contributed by atoms with van der Waals surface area (Å²) >= 11 is 1.73. The Bertz CT molecular complexity index is 357. The van der Waals surface area contributed by atoms with Crippen LogP contribution in [0, 0.1) is 13.8 Å². The lowest BCUT2D eigenvalue weighted by atomic mass is 10.2. The van der Waals surface area contributed by atoms with Crippen molar-refractivity contribution in [3.8, 4) is 0 Å². The molecular weight excluding hydrogens is 180 g/mol. The molecule has 0 aliphatic heterocycles. The van der Waals surface area contributed by atoms with Crippen LogP contribution < -0.4 is 0 Å². The van der Waals surface area contributed by atoms with Crippen LogP contribution in [0.3, 0.4) is 0 Å². The van der Waals surface area contributed by atoms with Crippen LogP contribution in [0.5, 0.6) is 0 Å². The van der Waals surface area contributed by atoms with Gasteiger partial charge in [-0.15, -0.1) is 11.3 Å². The van der Waals surface area contributed by atoms with E-state index in [4.69, 9.17) is 0 Å². The number of rotatable bonds is 0. The molecule has 0 bridgehead atoms. The van der Waals surface area contributed by atoms with Crippen LogP contribution >= 0.6 is 11.3 Å². The Kier molecular flexibility index (Phi) is 3.37. The van der Waals surface area contributed by atoms with E-state index in [9.17, 15) is 0 Å². The fourth-order valence-corrected chi connectivity index (χ4v) is 2.02. The lowest BCUT2D eigenvalue weighted by Crippen LogP contribution is -1.89. The molecule has 0 aliphatic carbocycles. The molecule has 70 valence electrons. The van der Waals surface area contributed by atoms with Gasteiger partial charge in [0.1, 0.15) is 0 Å². The predicted octanol–water partition coefficient (Wildman–Crippen LogP) is 3.33. The van der Waals surface area contributed by atoms with E-state index in [1.54, 1.807) is 11.3 Å². The molecule has 2 nitrogen and oxygen atoms in total. The Labute approximate surface area is 82.6 Å². The van der Waals surface area contributed by atoms with Gasteiger partial charge in [0.05, 0.1) is 16.1 Å². The molecule has 0 atom stereocenters. The first-order chi connectivity index (χ1) is 6.29. The summed E-state index contributed by atoms with van der Waals surface area (Å²) < 4.78 is 1.26. The average Bonchev–Trinajstić information content (AvgIpc) is 2.64. The van der Waals surface area contributed by atoms with Crippen LogP contribution in [0.15, 0.2) is 11.4 Å². The van der Waals surface area contributed by atoms with E-state index >= 15 is 0 Å². The highest BCUT2D eigenvalue weighted by Gasteiger charge is 2.02. The van der Waals surface area contributed by atoms with Crippen molar-refractivity contribution >= 4 is 21.4 Å². The fraction of sp³-hybridized carbons (Fsp3) is 0.400. The minimum atomic E-state index is 1.02. The molecule has 0 N–H and O–H groups in total. The fourth-order valence-electron chi connectivity index (χ4n) is 1.12. The minimum absolute atomic E-state index is 1.02. The van der Waals surface area contributed by atoms with Crippen molar-refractivity contribution in [1.29, 1.82) is 0 Å². The second-order valence-electron chi connectivity index (χ2n) is 2.53. The molecule has 0 unspecified atom stereocenters. The predicted molar refractivity (Wildman–Crippen MR) is 58.2 cm³/mol. The summed E-state index contributed by atoms with van der Waals surface area (Å²) in [6.45, 7) is 7.98. The molecular formula is C10H14N2S. The normalized spacial score (nSPS) is 9.54. The molecule has 3 heteroatoms. The topological polar surface area (TPSA) is 25.8 Å². The zero-order valence-electron chi connectivity index (χ0n) is 8.46. The van der Waals surface area contributed by atoms with Crippen molar-refractivity contribution in [3.05, 3.63) is 22.8 Å². The number of fused-ring (bicyclic) bond motifs is 1. The van der Waals surface area contributed by atoms with E-state index in [2.05, 4.69) is 21.6 Å². The molecule has 2 heterocycles. The highest BCUT2D eigenvalue weighted by atomic mass is 32.1. The third-order valence-corrected chi connectivity index (χ3v) is 2.76. The third kappa shape index (κ3) is 1.86. The van der Waals surface area contributed by atoms with Crippen molar-refractivity contribution in [3.63, 3.8) is 0 Å². The molecule has 0 radical (unpaired) electrons. The summed E-state index contributed by atoms with van der Waals surface area (Å²) in [6.07, 6.45) is 0. The average molecular weight is 194 g/mol. The Morgan fingerprint density at radius 3 is 2.31 bits per heavy atom. The van der Waals surface area contributed by atoms with Gasteiger partial charge in [0, 0.05) is 5.39 Å². The van der Waals surface area contributed by atoms with E-state index in [1.807, 2.05) is 27.7 Å². The SMILES string of the molecule is CC.Cc1nnc(C)c2sccc12. The minimum Gasteiger partial charge on any atom is -0.155 e. The first kappa shape index (κ1) is 10.1. The van der Waals surface area contributed by atoms with Crippen molar-refractivity contribution in [2.24, 2.45) is 0 Å². The number of hydrogen-bond acceptors (Lipinski definition) is 3. The van der Waals surface area contributed by atoms with Gasteiger partial charge in [-0.25, -0.2) is 0 Å². The van der Waals surface area contributed by atoms with Gasteiger partial charge < -0.3 is 0 Å².